The number of aromatic nitrogens is 2. The lowest BCUT2D eigenvalue weighted by Gasteiger charge is -2.04. The highest BCUT2D eigenvalue weighted by molar-refractivity contribution is 5.88. The average molecular weight is 246 g/mol. The van der Waals surface area contributed by atoms with E-state index in [9.17, 15) is 4.79 Å². The van der Waals surface area contributed by atoms with Gasteiger partial charge in [-0.2, -0.15) is 4.98 Å². The number of primary amides is 1. The van der Waals surface area contributed by atoms with Gasteiger partial charge in [0, 0.05) is 18.7 Å². The second-order valence-corrected chi connectivity index (χ2v) is 3.92. The van der Waals surface area contributed by atoms with Crippen molar-refractivity contribution in [2.45, 2.75) is 13.3 Å². The fourth-order valence-corrected chi connectivity index (χ4v) is 1.44. The van der Waals surface area contributed by atoms with Crippen LogP contribution in [0, 0.1) is 6.92 Å². The lowest BCUT2D eigenvalue weighted by Crippen LogP contribution is -2.13. The van der Waals surface area contributed by atoms with E-state index in [1.54, 1.807) is 0 Å². The molecule has 0 spiro atoms. The molecule has 0 aliphatic heterocycles. The van der Waals surface area contributed by atoms with Crippen molar-refractivity contribution in [3.8, 4) is 0 Å². The Hall–Kier alpha value is -2.37. The maximum absolute atomic E-state index is 10.8. The largest absolute Gasteiger partial charge is 0.385 e. The van der Waals surface area contributed by atoms with E-state index in [0.29, 0.717) is 18.9 Å². The third kappa shape index (κ3) is 3.07. The van der Waals surface area contributed by atoms with Crippen molar-refractivity contribution in [1.82, 2.24) is 10.1 Å². The summed E-state index contributed by atoms with van der Waals surface area (Å²) < 4.78 is 4.88. The summed E-state index contributed by atoms with van der Waals surface area (Å²) in [6.07, 6.45) is 0.536. The Balaban J connectivity index is 1.84. The number of carbonyl (C=O) groups is 1. The molecule has 2 rings (SSSR count). The van der Waals surface area contributed by atoms with Crippen LogP contribution in [0.4, 0.5) is 5.69 Å². The molecule has 1 amide bonds. The Labute approximate surface area is 104 Å². The topological polar surface area (TPSA) is 94.0 Å². The van der Waals surface area contributed by atoms with E-state index in [1.165, 1.54) is 5.56 Å². The summed E-state index contributed by atoms with van der Waals surface area (Å²) in [4.78, 5) is 14.6. The highest BCUT2D eigenvalue weighted by Crippen LogP contribution is 2.08. The van der Waals surface area contributed by atoms with Crippen LogP contribution in [0.2, 0.25) is 0 Å². The molecular formula is C12H14N4O2. The van der Waals surface area contributed by atoms with Crippen LogP contribution in [0.3, 0.4) is 0 Å². The maximum atomic E-state index is 10.8. The molecule has 0 fully saturated rings. The minimum Gasteiger partial charge on any atom is -0.385 e. The standard InChI is InChI=1S/C12H14N4O2/c1-8-2-4-9(5-3-8)14-7-6-10-15-12(11(13)17)16-18-10/h2-5,14H,6-7H2,1H3,(H2,13,17). The molecule has 1 heterocycles. The number of hydrogen-bond donors (Lipinski definition) is 2. The quantitative estimate of drug-likeness (QED) is 0.824. The summed E-state index contributed by atoms with van der Waals surface area (Å²) in [6.45, 7) is 2.68. The summed E-state index contributed by atoms with van der Waals surface area (Å²) in [5, 5.41) is 6.68. The number of aryl methyl sites for hydroxylation is 1. The van der Waals surface area contributed by atoms with E-state index in [2.05, 4.69) is 15.5 Å². The summed E-state index contributed by atoms with van der Waals surface area (Å²) in [7, 11) is 0. The number of amides is 1. The molecule has 3 N–H and O–H groups in total. The minimum atomic E-state index is -0.684. The zero-order valence-corrected chi connectivity index (χ0v) is 10.0. The van der Waals surface area contributed by atoms with Gasteiger partial charge in [0.05, 0.1) is 0 Å². The molecule has 18 heavy (non-hydrogen) atoms. The Morgan fingerprint density at radius 3 is 2.72 bits per heavy atom. The van der Waals surface area contributed by atoms with Crippen molar-refractivity contribution in [2.75, 3.05) is 11.9 Å². The summed E-state index contributed by atoms with van der Waals surface area (Å²) in [5.41, 5.74) is 7.26. The van der Waals surface area contributed by atoms with E-state index in [-0.39, 0.29) is 5.82 Å². The lowest BCUT2D eigenvalue weighted by atomic mass is 10.2. The van der Waals surface area contributed by atoms with Gasteiger partial charge in [-0.1, -0.05) is 22.9 Å². The van der Waals surface area contributed by atoms with Gasteiger partial charge in [0.25, 0.3) is 11.7 Å². The zero-order chi connectivity index (χ0) is 13.0. The fraction of sp³-hybridized carbons (Fsp3) is 0.250. The molecule has 0 saturated heterocycles. The van der Waals surface area contributed by atoms with E-state index in [4.69, 9.17) is 10.3 Å². The molecule has 0 unspecified atom stereocenters. The minimum absolute atomic E-state index is 0.0830. The molecule has 6 heteroatoms. The zero-order valence-electron chi connectivity index (χ0n) is 10.0. The van der Waals surface area contributed by atoms with Crippen LogP contribution in [0.15, 0.2) is 28.8 Å². The number of anilines is 1. The van der Waals surface area contributed by atoms with Gasteiger partial charge in [0.2, 0.25) is 5.89 Å². The highest BCUT2D eigenvalue weighted by Gasteiger charge is 2.10. The van der Waals surface area contributed by atoms with E-state index >= 15 is 0 Å². The third-order valence-corrected chi connectivity index (χ3v) is 2.41. The van der Waals surface area contributed by atoms with Gasteiger partial charge in [0.1, 0.15) is 0 Å². The predicted octanol–water partition coefficient (Wildman–Crippen LogP) is 1.13. The van der Waals surface area contributed by atoms with Gasteiger partial charge in [-0.05, 0) is 19.1 Å². The summed E-state index contributed by atoms with van der Waals surface area (Å²) >= 11 is 0. The van der Waals surface area contributed by atoms with Crippen LogP contribution in [0.5, 0.6) is 0 Å². The maximum Gasteiger partial charge on any atom is 0.290 e. The third-order valence-electron chi connectivity index (χ3n) is 2.41. The molecule has 2 aromatic rings. The lowest BCUT2D eigenvalue weighted by molar-refractivity contribution is 0.0987. The first-order chi connectivity index (χ1) is 8.65. The van der Waals surface area contributed by atoms with Crippen molar-refractivity contribution >= 4 is 11.6 Å². The number of nitrogens with one attached hydrogen (secondary N) is 1. The molecule has 0 atom stereocenters. The Morgan fingerprint density at radius 2 is 2.11 bits per heavy atom. The van der Waals surface area contributed by atoms with Crippen molar-refractivity contribution in [2.24, 2.45) is 5.73 Å². The number of hydrogen-bond acceptors (Lipinski definition) is 5. The summed E-state index contributed by atoms with van der Waals surface area (Å²) in [5.74, 6) is -0.375. The SMILES string of the molecule is Cc1ccc(NCCc2nc(C(N)=O)no2)cc1. The second-order valence-electron chi connectivity index (χ2n) is 3.92. The number of rotatable bonds is 5. The van der Waals surface area contributed by atoms with Gasteiger partial charge in [0.15, 0.2) is 0 Å². The smallest absolute Gasteiger partial charge is 0.290 e. The highest BCUT2D eigenvalue weighted by atomic mass is 16.5. The number of benzene rings is 1. The molecule has 1 aromatic carbocycles. The first kappa shape index (κ1) is 12.1. The molecule has 0 saturated carbocycles. The van der Waals surface area contributed by atoms with Crippen LogP contribution in [0.1, 0.15) is 22.1 Å². The Morgan fingerprint density at radius 1 is 1.39 bits per heavy atom. The number of nitrogens with zero attached hydrogens (tertiary/aromatic N) is 2. The number of nitrogens with two attached hydrogens (primary N) is 1. The van der Waals surface area contributed by atoms with Gasteiger partial charge in [-0.3, -0.25) is 4.79 Å². The molecule has 0 radical (unpaired) electrons. The predicted molar refractivity (Wildman–Crippen MR) is 66.2 cm³/mol. The first-order valence-corrected chi connectivity index (χ1v) is 5.58. The molecule has 0 aliphatic rings. The van der Waals surface area contributed by atoms with Gasteiger partial charge >= 0.3 is 0 Å². The first-order valence-electron chi connectivity index (χ1n) is 5.58. The van der Waals surface area contributed by atoms with Crippen molar-refractivity contribution in [1.29, 1.82) is 0 Å². The monoisotopic (exact) mass is 246 g/mol. The Bertz CT molecular complexity index is 533. The van der Waals surface area contributed by atoms with Crippen LogP contribution in [0.25, 0.3) is 0 Å². The van der Waals surface area contributed by atoms with E-state index in [1.807, 2.05) is 31.2 Å². The van der Waals surface area contributed by atoms with Gasteiger partial charge < -0.3 is 15.6 Å². The summed E-state index contributed by atoms with van der Waals surface area (Å²) in [6, 6.07) is 8.05. The molecule has 0 aliphatic carbocycles. The fourth-order valence-electron chi connectivity index (χ4n) is 1.44. The average Bonchev–Trinajstić information content (AvgIpc) is 2.81. The van der Waals surface area contributed by atoms with Crippen LogP contribution in [-0.4, -0.2) is 22.6 Å². The van der Waals surface area contributed by atoms with Crippen LogP contribution < -0.4 is 11.1 Å². The number of carbonyl (C=O) groups excluding carboxylic acids is 1. The second kappa shape index (κ2) is 5.31. The molecular weight excluding hydrogens is 232 g/mol. The van der Waals surface area contributed by atoms with Crippen molar-refractivity contribution < 1.29 is 9.32 Å². The molecule has 0 bridgehead atoms. The Kier molecular flexibility index (Phi) is 3.57. The van der Waals surface area contributed by atoms with Gasteiger partial charge in [-0.25, -0.2) is 0 Å². The van der Waals surface area contributed by atoms with Gasteiger partial charge in [-0.15, -0.1) is 0 Å². The van der Waals surface area contributed by atoms with Crippen LogP contribution in [-0.2, 0) is 6.42 Å². The van der Waals surface area contributed by atoms with E-state index in [0.717, 1.165) is 5.69 Å². The van der Waals surface area contributed by atoms with E-state index < -0.39 is 5.91 Å². The van der Waals surface area contributed by atoms with Crippen LogP contribution >= 0.6 is 0 Å². The molecule has 6 nitrogen and oxygen atoms in total. The van der Waals surface area contributed by atoms with Crippen molar-refractivity contribution in [3.05, 3.63) is 41.5 Å². The molecule has 1 aromatic heterocycles. The molecule has 94 valence electrons. The van der Waals surface area contributed by atoms with Crippen molar-refractivity contribution in [3.63, 3.8) is 0 Å². The normalized spacial score (nSPS) is 10.3.